The van der Waals surface area contributed by atoms with Crippen molar-refractivity contribution in [3.63, 3.8) is 0 Å². The molecule has 3 heterocycles. The molecule has 1 aliphatic rings. The smallest absolute Gasteiger partial charge is 0.232 e. The maximum Gasteiger partial charge on any atom is 0.232 e. The van der Waals surface area contributed by atoms with E-state index in [2.05, 4.69) is 27.4 Å². The van der Waals surface area contributed by atoms with Crippen molar-refractivity contribution in [1.82, 2.24) is 20.4 Å². The number of pyridine rings is 1. The van der Waals surface area contributed by atoms with Crippen LogP contribution in [0, 0.1) is 6.92 Å². The standard InChI is InChI=1S/C15H20N4OS/c1-3-5-17-13-9-21-8-12(13)15-18-14(19-20-15)11-7-16-6-4-10(11)2/h4,6-7,12-13,17H,3,5,8-9H2,1-2H3. The predicted molar refractivity (Wildman–Crippen MR) is 84.4 cm³/mol. The number of nitrogens with zero attached hydrogens (tertiary/aromatic N) is 3. The SMILES string of the molecule is CCCNC1CSCC1c1nc(-c2cnccc2C)no1. The van der Waals surface area contributed by atoms with Crippen LogP contribution in [-0.4, -0.2) is 39.2 Å². The molecule has 2 atom stereocenters. The van der Waals surface area contributed by atoms with Crippen molar-refractivity contribution in [2.45, 2.75) is 32.2 Å². The van der Waals surface area contributed by atoms with Crippen LogP contribution >= 0.6 is 11.8 Å². The summed E-state index contributed by atoms with van der Waals surface area (Å²) in [6.45, 7) is 5.24. The number of nitrogens with one attached hydrogen (secondary N) is 1. The van der Waals surface area contributed by atoms with Gasteiger partial charge >= 0.3 is 0 Å². The lowest BCUT2D eigenvalue weighted by atomic mass is 10.0. The molecule has 3 rings (SSSR count). The molecule has 0 saturated carbocycles. The topological polar surface area (TPSA) is 63.8 Å². The van der Waals surface area contributed by atoms with Gasteiger partial charge in [-0.15, -0.1) is 0 Å². The van der Waals surface area contributed by atoms with E-state index in [0.29, 0.717) is 17.8 Å². The molecule has 1 saturated heterocycles. The van der Waals surface area contributed by atoms with Crippen molar-refractivity contribution >= 4 is 11.8 Å². The lowest BCUT2D eigenvalue weighted by molar-refractivity contribution is 0.339. The van der Waals surface area contributed by atoms with E-state index >= 15 is 0 Å². The number of hydrogen-bond donors (Lipinski definition) is 1. The first-order chi connectivity index (χ1) is 10.3. The van der Waals surface area contributed by atoms with Crippen molar-refractivity contribution in [2.24, 2.45) is 0 Å². The van der Waals surface area contributed by atoms with Gasteiger partial charge in [0.1, 0.15) is 0 Å². The van der Waals surface area contributed by atoms with Crippen LogP contribution in [0.15, 0.2) is 23.0 Å². The van der Waals surface area contributed by atoms with Crippen LogP contribution in [0.1, 0.15) is 30.7 Å². The Hall–Kier alpha value is -1.40. The zero-order valence-electron chi connectivity index (χ0n) is 12.4. The molecule has 21 heavy (non-hydrogen) atoms. The minimum Gasteiger partial charge on any atom is -0.339 e. The average Bonchev–Trinajstić information content (AvgIpc) is 3.14. The normalized spacial score (nSPS) is 21.8. The van der Waals surface area contributed by atoms with Crippen molar-refractivity contribution in [3.8, 4) is 11.4 Å². The maximum atomic E-state index is 5.53. The quantitative estimate of drug-likeness (QED) is 0.916. The van der Waals surface area contributed by atoms with E-state index < -0.39 is 0 Å². The van der Waals surface area contributed by atoms with E-state index in [1.54, 1.807) is 12.4 Å². The number of thioether (sulfide) groups is 1. The molecule has 0 bridgehead atoms. The molecule has 1 aliphatic heterocycles. The number of aromatic nitrogens is 3. The van der Waals surface area contributed by atoms with Gasteiger partial charge in [0.2, 0.25) is 11.7 Å². The summed E-state index contributed by atoms with van der Waals surface area (Å²) in [5.74, 6) is 3.83. The monoisotopic (exact) mass is 304 g/mol. The van der Waals surface area contributed by atoms with Crippen molar-refractivity contribution in [1.29, 1.82) is 0 Å². The molecular formula is C15H20N4OS. The van der Waals surface area contributed by atoms with Gasteiger partial charge in [-0.3, -0.25) is 4.98 Å². The summed E-state index contributed by atoms with van der Waals surface area (Å²) in [4.78, 5) is 8.76. The zero-order valence-corrected chi connectivity index (χ0v) is 13.2. The Kier molecular flexibility index (Phi) is 4.55. The summed E-state index contributed by atoms with van der Waals surface area (Å²) >= 11 is 1.94. The molecule has 0 aromatic carbocycles. The van der Waals surface area contributed by atoms with Crippen molar-refractivity contribution in [3.05, 3.63) is 29.9 Å². The molecule has 2 aromatic heterocycles. The molecule has 0 spiro atoms. The highest BCUT2D eigenvalue weighted by molar-refractivity contribution is 7.99. The summed E-state index contributed by atoms with van der Waals surface area (Å²) in [5, 5.41) is 7.72. The first-order valence-electron chi connectivity index (χ1n) is 7.35. The van der Waals surface area contributed by atoms with Crippen LogP contribution < -0.4 is 5.32 Å². The fraction of sp³-hybridized carbons (Fsp3) is 0.533. The third-order valence-electron chi connectivity index (χ3n) is 3.78. The Balaban J connectivity index is 1.80. The average molecular weight is 304 g/mol. The summed E-state index contributed by atoms with van der Waals surface area (Å²) < 4.78 is 5.53. The highest BCUT2D eigenvalue weighted by Crippen LogP contribution is 2.33. The first kappa shape index (κ1) is 14.5. The first-order valence-corrected chi connectivity index (χ1v) is 8.50. The highest BCUT2D eigenvalue weighted by Gasteiger charge is 2.33. The second-order valence-electron chi connectivity index (χ2n) is 5.35. The minimum absolute atomic E-state index is 0.305. The molecule has 1 N–H and O–H groups in total. The van der Waals surface area contributed by atoms with Crippen LogP contribution in [0.5, 0.6) is 0 Å². The lowest BCUT2D eigenvalue weighted by Gasteiger charge is -2.16. The van der Waals surface area contributed by atoms with Crippen LogP contribution in [-0.2, 0) is 0 Å². The van der Waals surface area contributed by atoms with Crippen molar-refractivity contribution in [2.75, 3.05) is 18.1 Å². The Morgan fingerprint density at radius 2 is 2.33 bits per heavy atom. The second-order valence-corrected chi connectivity index (χ2v) is 6.43. The summed E-state index contributed by atoms with van der Waals surface area (Å²) in [7, 11) is 0. The van der Waals surface area contributed by atoms with E-state index in [4.69, 9.17) is 4.52 Å². The molecule has 0 aliphatic carbocycles. The largest absolute Gasteiger partial charge is 0.339 e. The van der Waals surface area contributed by atoms with Crippen LogP contribution in [0.4, 0.5) is 0 Å². The van der Waals surface area contributed by atoms with Crippen LogP contribution in [0.3, 0.4) is 0 Å². The highest BCUT2D eigenvalue weighted by atomic mass is 32.2. The van der Waals surface area contributed by atoms with E-state index in [1.165, 1.54) is 0 Å². The molecule has 2 unspecified atom stereocenters. The van der Waals surface area contributed by atoms with E-state index in [1.807, 2.05) is 24.8 Å². The molecular weight excluding hydrogens is 284 g/mol. The minimum atomic E-state index is 0.305. The van der Waals surface area contributed by atoms with Gasteiger partial charge in [-0.1, -0.05) is 12.1 Å². The van der Waals surface area contributed by atoms with Gasteiger partial charge < -0.3 is 9.84 Å². The Labute approximate surface area is 128 Å². The Morgan fingerprint density at radius 1 is 1.43 bits per heavy atom. The predicted octanol–water partition coefficient (Wildman–Crippen LogP) is 2.64. The Bertz CT molecular complexity index is 601. The third-order valence-corrected chi connectivity index (χ3v) is 4.97. The molecule has 0 radical (unpaired) electrons. The van der Waals surface area contributed by atoms with Gasteiger partial charge in [0.05, 0.1) is 5.92 Å². The molecule has 6 heteroatoms. The van der Waals surface area contributed by atoms with E-state index in [0.717, 1.165) is 41.5 Å². The molecule has 5 nitrogen and oxygen atoms in total. The Morgan fingerprint density at radius 3 is 3.14 bits per heavy atom. The van der Waals surface area contributed by atoms with Crippen LogP contribution in [0.2, 0.25) is 0 Å². The van der Waals surface area contributed by atoms with E-state index in [9.17, 15) is 0 Å². The molecule has 0 amide bonds. The number of aryl methyl sites for hydroxylation is 1. The molecule has 2 aromatic rings. The van der Waals surface area contributed by atoms with Crippen molar-refractivity contribution < 1.29 is 4.52 Å². The molecule has 112 valence electrons. The van der Waals surface area contributed by atoms with Gasteiger partial charge in [0, 0.05) is 35.5 Å². The maximum absolute atomic E-state index is 5.53. The summed E-state index contributed by atoms with van der Waals surface area (Å²) in [6.07, 6.45) is 4.70. The van der Waals surface area contributed by atoms with Crippen LogP contribution in [0.25, 0.3) is 11.4 Å². The van der Waals surface area contributed by atoms with Gasteiger partial charge in [-0.2, -0.15) is 16.7 Å². The summed E-state index contributed by atoms with van der Waals surface area (Å²) in [6, 6.07) is 2.39. The van der Waals surface area contributed by atoms with E-state index in [-0.39, 0.29) is 0 Å². The fourth-order valence-electron chi connectivity index (χ4n) is 2.52. The summed E-state index contributed by atoms with van der Waals surface area (Å²) in [5.41, 5.74) is 2.05. The van der Waals surface area contributed by atoms with Gasteiger partial charge in [-0.25, -0.2) is 0 Å². The lowest BCUT2D eigenvalue weighted by Crippen LogP contribution is -2.34. The molecule has 1 fully saturated rings. The zero-order chi connectivity index (χ0) is 14.7. The second kappa shape index (κ2) is 6.58. The number of rotatable bonds is 5. The van der Waals surface area contributed by atoms with Gasteiger partial charge in [0.25, 0.3) is 0 Å². The number of hydrogen-bond acceptors (Lipinski definition) is 6. The van der Waals surface area contributed by atoms with Gasteiger partial charge in [-0.05, 0) is 31.5 Å². The van der Waals surface area contributed by atoms with Gasteiger partial charge in [0.15, 0.2) is 0 Å². The third kappa shape index (κ3) is 3.11. The fourth-order valence-corrected chi connectivity index (χ4v) is 3.89.